The number of hydrazine groups is 1. The number of anilines is 1. The average Bonchev–Trinajstić information content (AvgIpc) is 2.75. The zero-order valence-corrected chi connectivity index (χ0v) is 17.6. The smallest absolute Gasteiger partial charge is 0.151 e. The van der Waals surface area contributed by atoms with E-state index in [1.807, 2.05) is 29.4 Å². The van der Waals surface area contributed by atoms with Gasteiger partial charge in [-0.25, -0.2) is 9.99 Å². The number of ether oxygens (including phenoxy) is 1. The van der Waals surface area contributed by atoms with E-state index in [0.29, 0.717) is 6.10 Å². The molecule has 1 N–H and O–H groups in total. The first kappa shape index (κ1) is 19.2. The lowest BCUT2D eigenvalue weighted by atomic mass is 9.90. The third kappa shape index (κ3) is 4.08. The molecule has 1 aliphatic carbocycles. The fourth-order valence-corrected chi connectivity index (χ4v) is 4.51. The lowest BCUT2D eigenvalue weighted by Crippen LogP contribution is -2.46. The highest BCUT2D eigenvalue weighted by Gasteiger charge is 2.29. The van der Waals surface area contributed by atoms with Crippen LogP contribution >= 0.6 is 0 Å². The van der Waals surface area contributed by atoms with Crippen molar-refractivity contribution in [3.05, 3.63) is 72.2 Å². The van der Waals surface area contributed by atoms with Gasteiger partial charge in [0.1, 0.15) is 11.9 Å². The van der Waals surface area contributed by atoms with Gasteiger partial charge in [-0.15, -0.1) is 0 Å². The van der Waals surface area contributed by atoms with Gasteiger partial charge < -0.3 is 9.64 Å². The number of nitrogens with zero attached hydrogens (tertiary/aromatic N) is 3. The van der Waals surface area contributed by atoms with Gasteiger partial charge in [-0.3, -0.25) is 5.43 Å². The van der Waals surface area contributed by atoms with Crippen molar-refractivity contribution < 1.29 is 4.74 Å². The normalized spacial score (nSPS) is 20.8. The summed E-state index contributed by atoms with van der Waals surface area (Å²) in [4.78, 5) is 7.06. The summed E-state index contributed by atoms with van der Waals surface area (Å²) < 4.78 is 6.29. The number of aromatic nitrogens is 1. The second kappa shape index (κ2) is 8.52. The zero-order chi connectivity index (χ0) is 20.3. The van der Waals surface area contributed by atoms with E-state index >= 15 is 0 Å². The summed E-state index contributed by atoms with van der Waals surface area (Å²) in [5.41, 5.74) is 6.88. The molecule has 2 aromatic rings. The van der Waals surface area contributed by atoms with Crippen LogP contribution in [0.1, 0.15) is 44.6 Å². The summed E-state index contributed by atoms with van der Waals surface area (Å²) in [6.07, 6.45) is 12.8. The van der Waals surface area contributed by atoms with Crippen molar-refractivity contribution in [3.63, 3.8) is 0 Å². The van der Waals surface area contributed by atoms with Crippen LogP contribution in [0, 0.1) is 0 Å². The van der Waals surface area contributed by atoms with Crippen molar-refractivity contribution in [1.82, 2.24) is 15.3 Å². The van der Waals surface area contributed by atoms with Crippen LogP contribution in [-0.4, -0.2) is 35.1 Å². The van der Waals surface area contributed by atoms with E-state index < -0.39 is 0 Å². The summed E-state index contributed by atoms with van der Waals surface area (Å²) in [5, 5.41) is 1.94. The maximum atomic E-state index is 6.29. The lowest BCUT2D eigenvalue weighted by molar-refractivity contribution is 0.0493. The van der Waals surface area contributed by atoms with Crippen LogP contribution in [0.15, 0.2) is 66.6 Å². The number of piperidine rings is 1. The van der Waals surface area contributed by atoms with Gasteiger partial charge in [0.2, 0.25) is 0 Å². The molecule has 0 radical (unpaired) electrons. The molecule has 5 nitrogen and oxygen atoms in total. The monoisotopic (exact) mass is 402 g/mol. The lowest BCUT2D eigenvalue weighted by Gasteiger charge is -2.41. The molecule has 0 bridgehead atoms. The fourth-order valence-electron chi connectivity index (χ4n) is 4.51. The van der Waals surface area contributed by atoms with E-state index in [0.717, 1.165) is 36.1 Å². The predicted molar refractivity (Wildman–Crippen MR) is 121 cm³/mol. The van der Waals surface area contributed by atoms with Gasteiger partial charge in [-0.1, -0.05) is 24.6 Å². The summed E-state index contributed by atoms with van der Waals surface area (Å²) in [6.45, 7) is 4.46. The molecule has 30 heavy (non-hydrogen) atoms. The first-order chi connectivity index (χ1) is 14.8. The van der Waals surface area contributed by atoms with Gasteiger partial charge in [0, 0.05) is 42.8 Å². The molecule has 156 valence electrons. The number of nitrogens with one attached hydrogen (secondary N) is 1. The Bertz CT molecular complexity index is 910. The number of hydrogen-bond acceptors (Lipinski definition) is 5. The van der Waals surface area contributed by atoms with Crippen LogP contribution in [-0.2, 0) is 0 Å². The third-order valence-corrected chi connectivity index (χ3v) is 6.51. The van der Waals surface area contributed by atoms with Crippen LogP contribution < -0.4 is 15.2 Å². The van der Waals surface area contributed by atoms with Crippen LogP contribution in [0.3, 0.4) is 0 Å². The van der Waals surface area contributed by atoms with Gasteiger partial charge in [0.15, 0.2) is 5.82 Å². The summed E-state index contributed by atoms with van der Waals surface area (Å²) >= 11 is 0. The molecule has 1 saturated heterocycles. The Balaban J connectivity index is 1.19. The Morgan fingerprint density at radius 1 is 1.00 bits per heavy atom. The molecule has 2 fully saturated rings. The maximum Gasteiger partial charge on any atom is 0.151 e. The second-order valence-corrected chi connectivity index (χ2v) is 8.49. The van der Waals surface area contributed by atoms with Crippen LogP contribution in [0.5, 0.6) is 5.75 Å². The molecule has 1 saturated carbocycles. The Morgan fingerprint density at radius 2 is 1.80 bits per heavy atom. The van der Waals surface area contributed by atoms with E-state index in [1.54, 1.807) is 6.20 Å². The first-order valence-corrected chi connectivity index (χ1v) is 11.1. The highest BCUT2D eigenvalue weighted by atomic mass is 16.5. The molecular weight excluding hydrogens is 372 g/mol. The summed E-state index contributed by atoms with van der Waals surface area (Å²) in [5.74, 6) is 1.85. The van der Waals surface area contributed by atoms with Crippen molar-refractivity contribution in [2.75, 3.05) is 18.1 Å². The minimum Gasteiger partial charge on any atom is -0.490 e. The number of rotatable bonds is 5. The number of pyridine rings is 1. The van der Waals surface area contributed by atoms with Crippen LogP contribution in [0.2, 0.25) is 0 Å². The Morgan fingerprint density at radius 3 is 2.43 bits per heavy atom. The highest BCUT2D eigenvalue weighted by molar-refractivity contribution is 5.78. The Kier molecular flexibility index (Phi) is 5.45. The number of benzene rings is 1. The average molecular weight is 403 g/mol. The van der Waals surface area contributed by atoms with Crippen LogP contribution in [0.4, 0.5) is 5.82 Å². The van der Waals surface area contributed by atoms with Gasteiger partial charge in [-0.05, 0) is 68.5 Å². The van der Waals surface area contributed by atoms with E-state index in [-0.39, 0.29) is 0 Å². The maximum absolute atomic E-state index is 6.29. The Labute approximate surface area is 179 Å². The van der Waals surface area contributed by atoms with E-state index in [9.17, 15) is 0 Å². The van der Waals surface area contributed by atoms with Gasteiger partial charge in [0.25, 0.3) is 0 Å². The highest BCUT2D eigenvalue weighted by Crippen LogP contribution is 2.30. The van der Waals surface area contributed by atoms with Gasteiger partial charge >= 0.3 is 0 Å². The minimum atomic E-state index is 0.344. The molecule has 1 aromatic heterocycles. The quantitative estimate of drug-likeness (QED) is 0.782. The molecule has 5 heteroatoms. The SMILES string of the molecule is CC1=C(c2ccc(OC3CCN(C4CCC4)CC3)cc2)C=CN(c2ccccn2)N1. The van der Waals surface area contributed by atoms with E-state index in [1.165, 1.54) is 43.5 Å². The molecule has 3 aliphatic rings. The molecule has 1 aromatic carbocycles. The molecule has 0 spiro atoms. The molecule has 2 aliphatic heterocycles. The van der Waals surface area contributed by atoms with E-state index in [2.05, 4.69) is 52.6 Å². The van der Waals surface area contributed by atoms with Gasteiger partial charge in [-0.2, -0.15) is 0 Å². The molecule has 0 atom stereocenters. The van der Waals surface area contributed by atoms with Gasteiger partial charge in [0.05, 0.1) is 0 Å². The molecule has 0 unspecified atom stereocenters. The third-order valence-electron chi connectivity index (χ3n) is 6.51. The van der Waals surface area contributed by atoms with Crippen LogP contribution in [0.25, 0.3) is 5.57 Å². The molecule has 5 rings (SSSR count). The molecule has 0 amide bonds. The zero-order valence-electron chi connectivity index (χ0n) is 17.6. The summed E-state index contributed by atoms with van der Waals surface area (Å²) in [6, 6.07) is 15.3. The van der Waals surface area contributed by atoms with Crippen molar-refractivity contribution in [2.24, 2.45) is 0 Å². The first-order valence-electron chi connectivity index (χ1n) is 11.1. The minimum absolute atomic E-state index is 0.344. The number of hydrogen-bond donors (Lipinski definition) is 1. The number of allylic oxidation sites excluding steroid dienone is 3. The van der Waals surface area contributed by atoms with Crippen molar-refractivity contribution in [1.29, 1.82) is 0 Å². The molecule has 3 heterocycles. The van der Waals surface area contributed by atoms with Crippen molar-refractivity contribution in [3.8, 4) is 5.75 Å². The Hall–Kier alpha value is -2.79. The second-order valence-electron chi connectivity index (χ2n) is 8.49. The number of likely N-dealkylation sites (tertiary alicyclic amines) is 1. The molecular formula is C25H30N4O. The predicted octanol–water partition coefficient (Wildman–Crippen LogP) is 4.75. The standard InChI is InChI=1S/C25H30N4O/c1-19-24(14-18-29(27-19)25-7-2-3-15-26-25)20-8-10-22(11-9-20)30-23-12-16-28(17-13-23)21-5-4-6-21/h2-3,7-11,14-15,18,21,23,27H,4-6,12-13,16-17H2,1H3. The summed E-state index contributed by atoms with van der Waals surface area (Å²) in [7, 11) is 0. The van der Waals surface area contributed by atoms with Crippen molar-refractivity contribution in [2.45, 2.75) is 51.2 Å². The van der Waals surface area contributed by atoms with Crippen molar-refractivity contribution >= 4 is 11.4 Å². The topological polar surface area (TPSA) is 40.6 Å². The largest absolute Gasteiger partial charge is 0.490 e. The van der Waals surface area contributed by atoms with E-state index in [4.69, 9.17) is 4.74 Å². The fraction of sp³-hybridized carbons (Fsp3) is 0.400.